The molecule has 18 heavy (non-hydrogen) atoms. The predicted molar refractivity (Wildman–Crippen MR) is 74.0 cm³/mol. The van der Waals surface area contributed by atoms with Crippen molar-refractivity contribution in [2.45, 2.75) is 33.2 Å². The molecule has 0 aliphatic heterocycles. The van der Waals surface area contributed by atoms with Crippen molar-refractivity contribution in [3.8, 4) is 5.75 Å². The van der Waals surface area contributed by atoms with Crippen molar-refractivity contribution in [3.05, 3.63) is 29.8 Å². The molecule has 0 saturated heterocycles. The van der Waals surface area contributed by atoms with Crippen molar-refractivity contribution in [2.24, 2.45) is 0 Å². The summed E-state index contributed by atoms with van der Waals surface area (Å²) < 4.78 is 11.1. The maximum Gasteiger partial charge on any atom is 0.119 e. The molecule has 0 saturated carbocycles. The molecule has 0 fully saturated rings. The molecule has 2 N–H and O–H groups in total. The molecule has 0 heterocycles. The van der Waals surface area contributed by atoms with E-state index in [0.29, 0.717) is 19.3 Å². The summed E-state index contributed by atoms with van der Waals surface area (Å²) in [6, 6.07) is 8.78. The Labute approximate surface area is 110 Å². The molecule has 1 aromatic rings. The van der Waals surface area contributed by atoms with Crippen LogP contribution >= 0.6 is 0 Å². The second-order valence-corrected chi connectivity index (χ2v) is 4.68. The molecular weight excluding hydrogens is 226 g/mol. The summed E-state index contributed by atoms with van der Waals surface area (Å²) in [5, 5.41) is 2.32. The third-order valence-corrected chi connectivity index (χ3v) is 2.99. The van der Waals surface area contributed by atoms with Gasteiger partial charge in [0.2, 0.25) is 0 Å². The van der Waals surface area contributed by atoms with Crippen LogP contribution in [0.5, 0.6) is 5.75 Å². The van der Waals surface area contributed by atoms with E-state index < -0.39 is 0 Å². The van der Waals surface area contributed by atoms with Gasteiger partial charge in [-0.3, -0.25) is 0 Å². The van der Waals surface area contributed by atoms with Gasteiger partial charge in [0.05, 0.1) is 25.8 Å². The molecule has 0 amide bonds. The monoisotopic (exact) mass is 252 g/mol. The van der Waals surface area contributed by atoms with Crippen molar-refractivity contribution >= 4 is 0 Å². The third-order valence-electron chi connectivity index (χ3n) is 2.99. The van der Waals surface area contributed by atoms with Gasteiger partial charge in [0.15, 0.2) is 0 Å². The lowest BCUT2D eigenvalue weighted by Gasteiger charge is -2.09. The Hall–Kier alpha value is -1.06. The fourth-order valence-corrected chi connectivity index (χ4v) is 1.56. The first-order chi connectivity index (χ1) is 8.72. The van der Waals surface area contributed by atoms with Crippen LogP contribution in [0.3, 0.4) is 0 Å². The zero-order chi connectivity index (χ0) is 13.2. The van der Waals surface area contributed by atoms with Gasteiger partial charge in [-0.15, -0.1) is 0 Å². The van der Waals surface area contributed by atoms with Crippen LogP contribution in [-0.4, -0.2) is 32.4 Å². The van der Waals surface area contributed by atoms with Crippen LogP contribution in [-0.2, 0) is 4.74 Å². The van der Waals surface area contributed by atoms with E-state index >= 15 is 0 Å². The summed E-state index contributed by atoms with van der Waals surface area (Å²) in [4.78, 5) is 0. The summed E-state index contributed by atoms with van der Waals surface area (Å²) >= 11 is 0. The Morgan fingerprint density at radius 3 is 2.50 bits per heavy atom. The number of nitrogens with two attached hydrogens (primary N) is 1. The molecule has 1 rings (SSSR count). The van der Waals surface area contributed by atoms with Crippen LogP contribution in [0.25, 0.3) is 0 Å². The highest BCUT2D eigenvalue weighted by molar-refractivity contribution is 5.26. The van der Waals surface area contributed by atoms with Gasteiger partial charge < -0.3 is 14.8 Å². The van der Waals surface area contributed by atoms with E-state index in [-0.39, 0.29) is 0 Å². The molecule has 0 aromatic heterocycles. The first-order valence-electron chi connectivity index (χ1n) is 6.83. The Balaban J connectivity index is 1.97. The van der Waals surface area contributed by atoms with E-state index in [4.69, 9.17) is 9.47 Å². The first-order valence-corrected chi connectivity index (χ1v) is 6.83. The highest BCUT2D eigenvalue weighted by atomic mass is 16.5. The lowest BCUT2D eigenvalue weighted by molar-refractivity contribution is -0.687. The maximum atomic E-state index is 5.57. The minimum atomic E-state index is 0.617. The van der Waals surface area contributed by atoms with Crippen molar-refractivity contribution in [1.82, 2.24) is 0 Å². The number of aryl methyl sites for hydroxylation is 1. The van der Waals surface area contributed by atoms with E-state index in [2.05, 4.69) is 38.2 Å². The smallest absolute Gasteiger partial charge is 0.119 e. The third kappa shape index (κ3) is 6.62. The minimum absolute atomic E-state index is 0.617. The number of quaternary nitrogens is 1. The predicted octanol–water partition coefficient (Wildman–Crippen LogP) is 1.75. The summed E-state index contributed by atoms with van der Waals surface area (Å²) in [5.41, 5.74) is 1.25. The Bertz CT molecular complexity index is 311. The number of benzene rings is 1. The van der Waals surface area contributed by atoms with Gasteiger partial charge in [-0.1, -0.05) is 24.6 Å². The molecule has 3 heteroatoms. The molecule has 0 radical (unpaired) electrons. The highest BCUT2D eigenvalue weighted by Gasteiger charge is 1.99. The van der Waals surface area contributed by atoms with Crippen LogP contribution in [0.1, 0.15) is 25.8 Å². The SMILES string of the molecule is CC[C@H](C)[NH2+]CCOCCOc1ccc(C)cc1. The zero-order valence-corrected chi connectivity index (χ0v) is 11.8. The van der Waals surface area contributed by atoms with Gasteiger partial charge in [-0.2, -0.15) is 0 Å². The molecule has 0 aliphatic rings. The quantitative estimate of drug-likeness (QED) is 0.680. The zero-order valence-electron chi connectivity index (χ0n) is 11.8. The molecule has 0 unspecified atom stereocenters. The van der Waals surface area contributed by atoms with Gasteiger partial charge >= 0.3 is 0 Å². The van der Waals surface area contributed by atoms with Crippen LogP contribution < -0.4 is 10.1 Å². The summed E-state index contributed by atoms with van der Waals surface area (Å²) in [6.45, 7) is 9.61. The second kappa shape index (κ2) is 8.95. The van der Waals surface area contributed by atoms with Crippen molar-refractivity contribution in [1.29, 1.82) is 0 Å². The van der Waals surface area contributed by atoms with E-state index in [0.717, 1.165) is 18.9 Å². The number of hydrogen-bond donors (Lipinski definition) is 1. The van der Waals surface area contributed by atoms with Crippen LogP contribution in [0.2, 0.25) is 0 Å². The number of hydrogen-bond acceptors (Lipinski definition) is 2. The number of ether oxygens (including phenoxy) is 2. The fourth-order valence-electron chi connectivity index (χ4n) is 1.56. The largest absolute Gasteiger partial charge is 0.491 e. The van der Waals surface area contributed by atoms with Gasteiger partial charge in [0.25, 0.3) is 0 Å². The topological polar surface area (TPSA) is 35.1 Å². The van der Waals surface area contributed by atoms with E-state index in [1.54, 1.807) is 0 Å². The van der Waals surface area contributed by atoms with Crippen LogP contribution in [0.4, 0.5) is 0 Å². The molecule has 0 bridgehead atoms. The number of rotatable bonds is 9. The van der Waals surface area contributed by atoms with Gasteiger partial charge in [0.1, 0.15) is 12.4 Å². The average molecular weight is 252 g/mol. The molecule has 0 spiro atoms. The lowest BCUT2D eigenvalue weighted by atomic mass is 10.2. The Morgan fingerprint density at radius 2 is 1.83 bits per heavy atom. The second-order valence-electron chi connectivity index (χ2n) is 4.68. The van der Waals surface area contributed by atoms with Crippen LogP contribution in [0, 0.1) is 6.92 Å². The standard InChI is InChI=1S/C15H25NO2/c1-4-14(3)16-9-10-17-11-12-18-15-7-5-13(2)6-8-15/h5-8,14,16H,4,9-12H2,1-3H3/p+1/t14-/m0/s1. The molecule has 0 aliphatic carbocycles. The van der Waals surface area contributed by atoms with Gasteiger partial charge in [-0.25, -0.2) is 0 Å². The van der Waals surface area contributed by atoms with Gasteiger partial charge in [0, 0.05) is 0 Å². The maximum absolute atomic E-state index is 5.57. The summed E-state index contributed by atoms with van der Waals surface area (Å²) in [7, 11) is 0. The van der Waals surface area contributed by atoms with E-state index in [1.807, 2.05) is 12.1 Å². The van der Waals surface area contributed by atoms with E-state index in [1.165, 1.54) is 12.0 Å². The molecule has 1 atom stereocenters. The van der Waals surface area contributed by atoms with Gasteiger partial charge in [-0.05, 0) is 32.4 Å². The molecular formula is C15H26NO2+. The van der Waals surface area contributed by atoms with Crippen LogP contribution in [0.15, 0.2) is 24.3 Å². The van der Waals surface area contributed by atoms with Crippen molar-refractivity contribution in [3.63, 3.8) is 0 Å². The Kier molecular flexibility index (Phi) is 7.46. The van der Waals surface area contributed by atoms with Crippen molar-refractivity contribution < 1.29 is 14.8 Å². The van der Waals surface area contributed by atoms with E-state index in [9.17, 15) is 0 Å². The average Bonchev–Trinajstić information content (AvgIpc) is 2.39. The Morgan fingerprint density at radius 1 is 1.11 bits per heavy atom. The normalized spacial score (nSPS) is 12.4. The summed E-state index contributed by atoms with van der Waals surface area (Å²) in [5.74, 6) is 0.912. The fraction of sp³-hybridized carbons (Fsp3) is 0.600. The molecule has 3 nitrogen and oxygen atoms in total. The first kappa shape index (κ1) is 15.0. The van der Waals surface area contributed by atoms with Crippen molar-refractivity contribution in [2.75, 3.05) is 26.4 Å². The molecule has 1 aromatic carbocycles. The highest BCUT2D eigenvalue weighted by Crippen LogP contribution is 2.10. The molecule has 102 valence electrons. The summed E-state index contributed by atoms with van der Waals surface area (Å²) in [6.07, 6.45) is 1.20. The minimum Gasteiger partial charge on any atom is -0.491 e. The lowest BCUT2D eigenvalue weighted by Crippen LogP contribution is -2.90.